The number of hydrogen-bond donors (Lipinski definition) is 0. The highest BCUT2D eigenvalue weighted by Gasteiger charge is 2.34. The zero-order valence-electron chi connectivity index (χ0n) is 18.4. The van der Waals surface area contributed by atoms with Crippen molar-refractivity contribution in [1.29, 1.82) is 0 Å². The molecule has 1 aliphatic heterocycles. The Morgan fingerprint density at radius 1 is 0.871 bits per heavy atom. The fourth-order valence-corrected chi connectivity index (χ4v) is 6.08. The van der Waals surface area contributed by atoms with Gasteiger partial charge in [0.05, 0.1) is 9.82 Å². The van der Waals surface area contributed by atoms with Crippen molar-refractivity contribution in [2.75, 3.05) is 26.2 Å². The smallest absolute Gasteiger partial charge is 0.282 e. The number of piperazine rings is 1. The molecular formula is C22H27N3O5S. The van der Waals surface area contributed by atoms with Crippen molar-refractivity contribution in [2.24, 2.45) is 0 Å². The minimum absolute atomic E-state index is 0.0141. The number of nitro benzene ring substituents is 1. The zero-order chi connectivity index (χ0) is 23.1. The lowest BCUT2D eigenvalue weighted by Crippen LogP contribution is -2.50. The second kappa shape index (κ2) is 8.39. The van der Waals surface area contributed by atoms with E-state index >= 15 is 0 Å². The fourth-order valence-electron chi connectivity index (χ4n) is 4.10. The summed E-state index contributed by atoms with van der Waals surface area (Å²) in [4.78, 5) is 25.3. The molecule has 8 nitrogen and oxygen atoms in total. The summed E-state index contributed by atoms with van der Waals surface area (Å²) in [6.07, 6.45) is 0. The summed E-state index contributed by atoms with van der Waals surface area (Å²) in [6, 6.07) is 5.81. The van der Waals surface area contributed by atoms with Crippen LogP contribution in [0.5, 0.6) is 0 Å². The number of nitrogens with zero attached hydrogens (tertiary/aromatic N) is 3. The van der Waals surface area contributed by atoms with E-state index in [1.54, 1.807) is 6.07 Å². The molecule has 1 fully saturated rings. The molecule has 0 atom stereocenters. The Labute approximate surface area is 182 Å². The summed E-state index contributed by atoms with van der Waals surface area (Å²) >= 11 is 0. The van der Waals surface area contributed by atoms with Crippen LogP contribution in [0, 0.1) is 44.7 Å². The highest BCUT2D eigenvalue weighted by atomic mass is 32.2. The van der Waals surface area contributed by atoms with Crippen molar-refractivity contribution in [3.63, 3.8) is 0 Å². The molecule has 0 saturated carbocycles. The minimum atomic E-state index is -3.73. The molecule has 0 aliphatic carbocycles. The van der Waals surface area contributed by atoms with E-state index in [9.17, 15) is 23.3 Å². The Balaban J connectivity index is 1.85. The van der Waals surface area contributed by atoms with E-state index in [4.69, 9.17) is 0 Å². The molecule has 1 amide bonds. The van der Waals surface area contributed by atoms with Crippen LogP contribution in [-0.2, 0) is 10.0 Å². The highest BCUT2D eigenvalue weighted by molar-refractivity contribution is 7.89. The number of hydrogen-bond acceptors (Lipinski definition) is 5. The SMILES string of the molecule is Cc1c(C)c(C)c(S(=O)(=O)N2CCN(C(=O)c3ccccc3[N+](=O)[O-])CC2)c(C)c1C. The second-order valence-corrected chi connectivity index (χ2v) is 9.80. The molecule has 1 aliphatic rings. The molecule has 0 aromatic heterocycles. The molecule has 1 saturated heterocycles. The first kappa shape index (κ1) is 22.9. The Morgan fingerprint density at radius 2 is 1.35 bits per heavy atom. The molecular weight excluding hydrogens is 418 g/mol. The average Bonchev–Trinajstić information content (AvgIpc) is 2.75. The van der Waals surface area contributed by atoms with Crippen LogP contribution in [0.4, 0.5) is 5.69 Å². The van der Waals surface area contributed by atoms with Crippen molar-refractivity contribution in [3.8, 4) is 0 Å². The van der Waals surface area contributed by atoms with E-state index in [1.165, 1.54) is 27.4 Å². The van der Waals surface area contributed by atoms with E-state index < -0.39 is 20.9 Å². The molecule has 0 N–H and O–H groups in total. The number of carbonyl (C=O) groups excluding carboxylic acids is 1. The monoisotopic (exact) mass is 445 g/mol. The first-order valence-electron chi connectivity index (χ1n) is 10.1. The number of carbonyl (C=O) groups is 1. The highest BCUT2D eigenvalue weighted by Crippen LogP contribution is 2.32. The van der Waals surface area contributed by atoms with Crippen LogP contribution in [0.15, 0.2) is 29.2 Å². The lowest BCUT2D eigenvalue weighted by molar-refractivity contribution is -0.385. The van der Waals surface area contributed by atoms with Gasteiger partial charge in [-0.2, -0.15) is 4.31 Å². The van der Waals surface area contributed by atoms with Crippen LogP contribution < -0.4 is 0 Å². The first-order valence-corrected chi connectivity index (χ1v) is 11.5. The van der Waals surface area contributed by atoms with Gasteiger partial charge >= 0.3 is 0 Å². The number of para-hydroxylation sites is 1. The number of nitro groups is 1. The Kier molecular flexibility index (Phi) is 6.20. The van der Waals surface area contributed by atoms with Crippen LogP contribution in [0.3, 0.4) is 0 Å². The standard InChI is InChI=1S/C22H27N3O5S/c1-14-15(2)17(4)21(18(5)16(14)3)31(29,30)24-12-10-23(11-13-24)22(26)19-8-6-7-9-20(19)25(27)28/h6-9H,10-13H2,1-5H3. The van der Waals surface area contributed by atoms with Gasteiger partial charge < -0.3 is 4.90 Å². The van der Waals surface area contributed by atoms with Crippen molar-refractivity contribution in [1.82, 2.24) is 9.21 Å². The van der Waals surface area contributed by atoms with Crippen molar-refractivity contribution in [2.45, 2.75) is 39.5 Å². The number of sulfonamides is 1. The van der Waals surface area contributed by atoms with Gasteiger partial charge in [0.15, 0.2) is 0 Å². The Morgan fingerprint density at radius 3 is 1.87 bits per heavy atom. The molecule has 0 spiro atoms. The van der Waals surface area contributed by atoms with Gasteiger partial charge in [0.25, 0.3) is 11.6 Å². The number of benzene rings is 2. The maximum atomic E-state index is 13.5. The summed E-state index contributed by atoms with van der Waals surface area (Å²) in [7, 11) is -3.73. The van der Waals surface area contributed by atoms with Crippen LogP contribution in [-0.4, -0.2) is 54.6 Å². The topological polar surface area (TPSA) is 101 Å². The third-order valence-corrected chi connectivity index (χ3v) is 8.56. The fraction of sp³-hybridized carbons (Fsp3) is 0.409. The molecule has 0 unspecified atom stereocenters. The van der Waals surface area contributed by atoms with E-state index in [1.807, 2.05) is 34.6 Å². The summed E-state index contributed by atoms with van der Waals surface area (Å²) < 4.78 is 28.3. The van der Waals surface area contributed by atoms with Gasteiger partial charge in [0.2, 0.25) is 10.0 Å². The van der Waals surface area contributed by atoms with E-state index in [-0.39, 0.29) is 37.4 Å². The van der Waals surface area contributed by atoms with Crippen LogP contribution in [0.1, 0.15) is 38.2 Å². The van der Waals surface area contributed by atoms with Crippen LogP contribution in [0.2, 0.25) is 0 Å². The first-order chi connectivity index (χ1) is 14.5. The van der Waals surface area contributed by atoms with E-state index in [0.29, 0.717) is 4.90 Å². The molecule has 2 aromatic rings. The second-order valence-electron chi connectivity index (χ2n) is 7.92. The maximum absolute atomic E-state index is 13.5. The molecule has 0 bridgehead atoms. The predicted octanol–water partition coefficient (Wildman–Crippen LogP) is 3.28. The molecule has 9 heteroatoms. The van der Waals surface area contributed by atoms with Gasteiger partial charge in [-0.05, 0) is 68.5 Å². The van der Waals surface area contributed by atoms with Crippen LogP contribution >= 0.6 is 0 Å². The summed E-state index contributed by atoms with van der Waals surface area (Å²) in [5.41, 5.74) is 4.28. The molecule has 166 valence electrons. The number of rotatable bonds is 4. The van der Waals surface area contributed by atoms with Crippen molar-refractivity contribution >= 4 is 21.6 Å². The predicted molar refractivity (Wildman–Crippen MR) is 118 cm³/mol. The summed E-state index contributed by atoms with van der Waals surface area (Å²) in [5.74, 6) is -0.460. The molecule has 3 rings (SSSR count). The molecule has 31 heavy (non-hydrogen) atoms. The van der Waals surface area contributed by atoms with Crippen molar-refractivity contribution in [3.05, 3.63) is 67.8 Å². The van der Waals surface area contributed by atoms with Crippen LogP contribution in [0.25, 0.3) is 0 Å². The zero-order valence-corrected chi connectivity index (χ0v) is 19.2. The van der Waals surface area contributed by atoms with E-state index in [0.717, 1.165) is 27.8 Å². The lowest BCUT2D eigenvalue weighted by atomic mass is 9.95. The minimum Gasteiger partial charge on any atom is -0.336 e. The van der Waals surface area contributed by atoms with Gasteiger partial charge in [-0.15, -0.1) is 0 Å². The van der Waals surface area contributed by atoms with Gasteiger partial charge in [-0.1, -0.05) is 12.1 Å². The average molecular weight is 446 g/mol. The number of amides is 1. The lowest BCUT2D eigenvalue weighted by Gasteiger charge is -2.35. The van der Waals surface area contributed by atoms with E-state index in [2.05, 4.69) is 0 Å². The normalized spacial score (nSPS) is 15.2. The Bertz CT molecular complexity index is 1140. The van der Waals surface area contributed by atoms with Crippen molar-refractivity contribution < 1.29 is 18.1 Å². The van der Waals surface area contributed by atoms with Gasteiger partial charge in [0, 0.05) is 32.2 Å². The summed E-state index contributed by atoms with van der Waals surface area (Å²) in [6.45, 7) is 10.1. The van der Waals surface area contributed by atoms with Gasteiger partial charge in [-0.25, -0.2) is 8.42 Å². The van der Waals surface area contributed by atoms with Gasteiger partial charge in [0.1, 0.15) is 5.56 Å². The molecule has 1 heterocycles. The third-order valence-electron chi connectivity index (χ3n) is 6.39. The molecule has 2 aromatic carbocycles. The Hall–Kier alpha value is -2.78. The van der Waals surface area contributed by atoms with Gasteiger partial charge in [-0.3, -0.25) is 14.9 Å². The largest absolute Gasteiger partial charge is 0.336 e. The maximum Gasteiger partial charge on any atom is 0.282 e. The quantitative estimate of drug-likeness (QED) is 0.531. The molecule has 0 radical (unpaired) electrons. The summed E-state index contributed by atoms with van der Waals surface area (Å²) in [5, 5.41) is 11.2. The third kappa shape index (κ3) is 3.95.